The van der Waals surface area contributed by atoms with Crippen LogP contribution in [0, 0.1) is 11.3 Å². The molecule has 2 fully saturated rings. The van der Waals surface area contributed by atoms with E-state index in [4.69, 9.17) is 4.74 Å². The highest BCUT2D eigenvalue weighted by Crippen LogP contribution is 2.45. The van der Waals surface area contributed by atoms with Gasteiger partial charge in [-0.2, -0.15) is 0 Å². The number of hydrogen-bond acceptors (Lipinski definition) is 2. The Balaban J connectivity index is 1.72. The van der Waals surface area contributed by atoms with Crippen molar-refractivity contribution in [2.75, 3.05) is 26.7 Å². The molecule has 0 amide bonds. The zero-order valence-corrected chi connectivity index (χ0v) is 13.4. The lowest BCUT2D eigenvalue weighted by molar-refractivity contribution is 0.103. The highest BCUT2D eigenvalue weighted by atomic mass is 16.5. The van der Waals surface area contributed by atoms with Crippen molar-refractivity contribution in [1.29, 1.82) is 0 Å². The van der Waals surface area contributed by atoms with Gasteiger partial charge in [0.1, 0.15) is 0 Å². The number of rotatable bonds is 6. The van der Waals surface area contributed by atoms with Crippen molar-refractivity contribution in [1.82, 2.24) is 10.6 Å². The topological polar surface area (TPSA) is 45.7 Å². The minimum atomic E-state index is 0.363. The van der Waals surface area contributed by atoms with E-state index in [9.17, 15) is 0 Å². The quantitative estimate of drug-likeness (QED) is 0.581. The highest BCUT2D eigenvalue weighted by molar-refractivity contribution is 5.79. The summed E-state index contributed by atoms with van der Waals surface area (Å²) in [5, 5.41) is 6.92. The lowest BCUT2D eigenvalue weighted by Gasteiger charge is -2.43. The first-order valence-corrected chi connectivity index (χ1v) is 8.20. The average Bonchev–Trinajstić information content (AvgIpc) is 2.88. The Hall–Kier alpha value is -0.770. The number of aliphatic imine (C=N–C) groups is 1. The molecule has 1 heterocycles. The van der Waals surface area contributed by atoms with Crippen molar-refractivity contribution in [2.24, 2.45) is 16.3 Å². The van der Waals surface area contributed by atoms with Gasteiger partial charge in [-0.3, -0.25) is 4.99 Å². The van der Waals surface area contributed by atoms with E-state index in [-0.39, 0.29) is 0 Å². The van der Waals surface area contributed by atoms with Crippen LogP contribution < -0.4 is 10.6 Å². The van der Waals surface area contributed by atoms with Gasteiger partial charge in [0.2, 0.25) is 0 Å². The summed E-state index contributed by atoms with van der Waals surface area (Å²) in [6.07, 6.45) is 8.15. The second-order valence-corrected chi connectivity index (χ2v) is 6.89. The van der Waals surface area contributed by atoms with E-state index in [1.54, 1.807) is 0 Å². The molecule has 0 spiro atoms. The van der Waals surface area contributed by atoms with Gasteiger partial charge in [-0.25, -0.2) is 0 Å². The van der Waals surface area contributed by atoms with Crippen molar-refractivity contribution >= 4 is 5.96 Å². The van der Waals surface area contributed by atoms with Crippen LogP contribution in [-0.4, -0.2) is 38.8 Å². The second kappa shape index (κ2) is 7.30. The summed E-state index contributed by atoms with van der Waals surface area (Å²) >= 11 is 0. The third-order valence-corrected chi connectivity index (χ3v) is 4.63. The molecule has 1 unspecified atom stereocenters. The minimum Gasteiger partial charge on any atom is -0.376 e. The van der Waals surface area contributed by atoms with Crippen LogP contribution in [0.3, 0.4) is 0 Å². The zero-order valence-electron chi connectivity index (χ0n) is 13.4. The van der Waals surface area contributed by atoms with Gasteiger partial charge in [-0.1, -0.05) is 20.3 Å². The van der Waals surface area contributed by atoms with Gasteiger partial charge in [0.15, 0.2) is 5.96 Å². The maximum absolute atomic E-state index is 5.63. The van der Waals surface area contributed by atoms with E-state index < -0.39 is 0 Å². The van der Waals surface area contributed by atoms with Crippen LogP contribution in [0.1, 0.15) is 52.4 Å². The molecule has 0 aromatic carbocycles. The summed E-state index contributed by atoms with van der Waals surface area (Å²) in [5.74, 6) is 1.70. The Labute approximate surface area is 123 Å². The highest BCUT2D eigenvalue weighted by Gasteiger charge is 2.37. The molecular formula is C16H31N3O. The van der Waals surface area contributed by atoms with Crippen molar-refractivity contribution in [2.45, 2.75) is 58.5 Å². The van der Waals surface area contributed by atoms with Gasteiger partial charge in [-0.05, 0) is 43.4 Å². The predicted molar refractivity (Wildman–Crippen MR) is 84.1 cm³/mol. The molecule has 4 nitrogen and oxygen atoms in total. The Kier molecular flexibility index (Phi) is 5.70. The Morgan fingerprint density at radius 3 is 2.60 bits per heavy atom. The number of ether oxygens (including phenoxy) is 1. The summed E-state index contributed by atoms with van der Waals surface area (Å²) in [5.41, 5.74) is 0.510. The largest absolute Gasteiger partial charge is 0.376 e. The molecule has 2 aliphatic rings. The summed E-state index contributed by atoms with van der Waals surface area (Å²) in [7, 11) is 1.85. The third-order valence-electron chi connectivity index (χ3n) is 4.63. The molecule has 116 valence electrons. The first kappa shape index (κ1) is 15.6. The smallest absolute Gasteiger partial charge is 0.191 e. The fourth-order valence-corrected chi connectivity index (χ4v) is 3.50. The van der Waals surface area contributed by atoms with Crippen molar-refractivity contribution in [3.05, 3.63) is 0 Å². The molecule has 0 radical (unpaired) electrons. The van der Waals surface area contributed by atoms with Crippen LogP contribution in [0.4, 0.5) is 0 Å². The van der Waals surface area contributed by atoms with Crippen LogP contribution in [0.2, 0.25) is 0 Å². The molecule has 2 rings (SSSR count). The fraction of sp³-hybridized carbons (Fsp3) is 0.938. The van der Waals surface area contributed by atoms with Gasteiger partial charge in [0.05, 0.1) is 6.10 Å². The van der Waals surface area contributed by atoms with E-state index in [0.717, 1.165) is 31.6 Å². The maximum atomic E-state index is 5.63. The van der Waals surface area contributed by atoms with Crippen molar-refractivity contribution < 1.29 is 4.74 Å². The normalized spacial score (nSPS) is 25.6. The molecule has 1 aliphatic carbocycles. The van der Waals surface area contributed by atoms with Gasteiger partial charge in [-0.15, -0.1) is 0 Å². The molecule has 0 bridgehead atoms. The van der Waals surface area contributed by atoms with Crippen LogP contribution in [0.25, 0.3) is 0 Å². The molecule has 1 atom stereocenters. The Morgan fingerprint density at radius 2 is 2.10 bits per heavy atom. The first-order chi connectivity index (χ1) is 9.63. The molecule has 0 aromatic heterocycles. The molecule has 0 aromatic rings. The van der Waals surface area contributed by atoms with Gasteiger partial charge in [0, 0.05) is 26.7 Å². The van der Waals surface area contributed by atoms with Crippen LogP contribution in [-0.2, 0) is 4.74 Å². The van der Waals surface area contributed by atoms with Crippen LogP contribution in [0.15, 0.2) is 4.99 Å². The van der Waals surface area contributed by atoms with E-state index in [2.05, 4.69) is 29.5 Å². The van der Waals surface area contributed by atoms with Crippen LogP contribution in [0.5, 0.6) is 0 Å². The van der Waals surface area contributed by atoms with Gasteiger partial charge < -0.3 is 15.4 Å². The summed E-state index contributed by atoms with van der Waals surface area (Å²) in [6.45, 7) is 7.48. The van der Waals surface area contributed by atoms with E-state index >= 15 is 0 Å². The van der Waals surface area contributed by atoms with E-state index in [1.165, 1.54) is 38.5 Å². The average molecular weight is 281 g/mol. The number of hydrogen-bond donors (Lipinski definition) is 2. The second-order valence-electron chi connectivity index (χ2n) is 6.89. The zero-order chi connectivity index (χ0) is 14.4. The van der Waals surface area contributed by atoms with Crippen molar-refractivity contribution in [3.63, 3.8) is 0 Å². The molecule has 1 saturated heterocycles. The summed E-state index contributed by atoms with van der Waals surface area (Å²) in [6, 6.07) is 0. The number of guanidine groups is 1. The van der Waals surface area contributed by atoms with Crippen LogP contribution >= 0.6 is 0 Å². The molecule has 1 aliphatic heterocycles. The number of nitrogens with one attached hydrogen (secondary N) is 2. The summed E-state index contributed by atoms with van der Waals surface area (Å²) in [4.78, 5) is 4.33. The molecule has 4 heteroatoms. The standard InChI is InChI=1S/C16H31N3O/c1-13(2)10-16(7-5-8-16)12-19-15(17-3)18-11-14-6-4-9-20-14/h13-14H,4-12H2,1-3H3,(H2,17,18,19). The number of nitrogens with zero attached hydrogens (tertiary/aromatic N) is 1. The monoisotopic (exact) mass is 281 g/mol. The van der Waals surface area contributed by atoms with Crippen molar-refractivity contribution in [3.8, 4) is 0 Å². The fourth-order valence-electron chi connectivity index (χ4n) is 3.50. The SMILES string of the molecule is CN=C(NCC1CCCO1)NCC1(CC(C)C)CCC1. The molecular weight excluding hydrogens is 250 g/mol. The van der Waals surface area contributed by atoms with E-state index in [1.807, 2.05) is 7.05 Å². The third kappa shape index (κ3) is 4.37. The predicted octanol–water partition coefficient (Wildman–Crippen LogP) is 2.55. The molecule has 2 N–H and O–H groups in total. The van der Waals surface area contributed by atoms with Gasteiger partial charge >= 0.3 is 0 Å². The Bertz CT molecular complexity index is 318. The first-order valence-electron chi connectivity index (χ1n) is 8.20. The Morgan fingerprint density at radius 1 is 1.30 bits per heavy atom. The maximum Gasteiger partial charge on any atom is 0.191 e. The van der Waals surface area contributed by atoms with E-state index in [0.29, 0.717) is 11.5 Å². The molecule has 1 saturated carbocycles. The lowest BCUT2D eigenvalue weighted by atomic mass is 9.64. The lowest BCUT2D eigenvalue weighted by Crippen LogP contribution is -2.48. The molecule has 20 heavy (non-hydrogen) atoms. The summed E-state index contributed by atoms with van der Waals surface area (Å²) < 4.78 is 5.63. The minimum absolute atomic E-state index is 0.363. The van der Waals surface area contributed by atoms with Gasteiger partial charge in [0.25, 0.3) is 0 Å².